The van der Waals surface area contributed by atoms with Crippen LogP contribution in [0.25, 0.3) is 0 Å². The summed E-state index contributed by atoms with van der Waals surface area (Å²) >= 11 is 6.78. The van der Waals surface area contributed by atoms with E-state index in [9.17, 15) is 9.59 Å². The first kappa shape index (κ1) is 25.3. The fourth-order valence-corrected chi connectivity index (χ4v) is 6.07. The number of allylic oxidation sites excluding steroid dienone is 2. The van der Waals surface area contributed by atoms with E-state index in [2.05, 4.69) is 11.9 Å². The second-order valence-electron chi connectivity index (χ2n) is 10.1. The van der Waals surface area contributed by atoms with Gasteiger partial charge in [-0.3, -0.25) is 9.59 Å². The van der Waals surface area contributed by atoms with Crippen LogP contribution in [-0.4, -0.2) is 25.2 Å². The van der Waals surface area contributed by atoms with Crippen molar-refractivity contribution in [2.75, 3.05) is 13.4 Å². The third-order valence-electron chi connectivity index (χ3n) is 7.67. The number of carbonyl (C=O) groups excluding carboxylic acids is 2. The molecule has 3 aliphatic rings. The van der Waals surface area contributed by atoms with Crippen molar-refractivity contribution in [3.05, 3.63) is 118 Å². The molecule has 0 radical (unpaired) electrons. The third-order valence-corrected chi connectivity index (χ3v) is 8.00. The highest BCUT2D eigenvalue weighted by Gasteiger charge is 2.46. The number of rotatable bonds is 6. The Labute approximate surface area is 232 Å². The van der Waals surface area contributed by atoms with Crippen LogP contribution in [0.15, 0.2) is 96.3 Å². The van der Waals surface area contributed by atoms with Crippen LogP contribution in [-0.2, 0) is 20.7 Å². The maximum atomic E-state index is 13.8. The van der Waals surface area contributed by atoms with Crippen LogP contribution in [0.4, 0.5) is 0 Å². The predicted octanol–water partition coefficient (Wildman–Crippen LogP) is 6.07. The van der Waals surface area contributed by atoms with Crippen molar-refractivity contribution in [1.29, 1.82) is 0 Å². The molecule has 0 fully saturated rings. The molecule has 0 spiro atoms. The molecular formula is C32H28ClNO5. The van der Waals surface area contributed by atoms with Crippen molar-refractivity contribution >= 4 is 23.4 Å². The molecule has 2 heterocycles. The summed E-state index contributed by atoms with van der Waals surface area (Å²) in [6.07, 6.45) is 1.55. The number of benzene rings is 3. The molecule has 1 N–H and O–H groups in total. The summed E-state index contributed by atoms with van der Waals surface area (Å²) in [7, 11) is 0. The smallest absolute Gasteiger partial charge is 0.315 e. The lowest BCUT2D eigenvalue weighted by Gasteiger charge is -2.40. The molecule has 0 aromatic heterocycles. The predicted molar refractivity (Wildman–Crippen MR) is 148 cm³/mol. The molecule has 6 rings (SSSR count). The van der Waals surface area contributed by atoms with E-state index in [0.29, 0.717) is 52.6 Å². The van der Waals surface area contributed by atoms with Gasteiger partial charge in [-0.15, -0.1) is 0 Å². The second-order valence-corrected chi connectivity index (χ2v) is 10.5. The van der Waals surface area contributed by atoms with Gasteiger partial charge in [0.25, 0.3) is 0 Å². The van der Waals surface area contributed by atoms with Crippen LogP contribution < -0.4 is 14.8 Å². The monoisotopic (exact) mass is 541 g/mol. The molecule has 3 atom stereocenters. The minimum atomic E-state index is -0.838. The molecule has 3 unspecified atom stereocenters. The molecule has 2 aliphatic heterocycles. The number of fused-ring (bicyclic) bond motifs is 1. The van der Waals surface area contributed by atoms with Crippen LogP contribution >= 0.6 is 11.6 Å². The van der Waals surface area contributed by atoms with Crippen molar-refractivity contribution in [2.45, 2.75) is 31.1 Å². The number of ether oxygens (including phenoxy) is 3. The van der Waals surface area contributed by atoms with E-state index in [-0.39, 0.29) is 25.1 Å². The summed E-state index contributed by atoms with van der Waals surface area (Å²) in [4.78, 5) is 27.5. The normalized spacial score (nSPS) is 21.8. The topological polar surface area (TPSA) is 73.9 Å². The Kier molecular flexibility index (Phi) is 6.88. The van der Waals surface area contributed by atoms with Gasteiger partial charge < -0.3 is 19.5 Å². The number of Topliss-reactive ketones (excluding diaryl/α,β-unsaturated/α-hetero) is 1. The van der Waals surface area contributed by atoms with Crippen molar-refractivity contribution in [3.8, 4) is 11.5 Å². The zero-order chi connectivity index (χ0) is 26.9. The maximum absolute atomic E-state index is 13.8. The number of halogens is 1. The number of hydrogen-bond acceptors (Lipinski definition) is 6. The van der Waals surface area contributed by atoms with Crippen molar-refractivity contribution < 1.29 is 23.8 Å². The average molecular weight is 542 g/mol. The van der Waals surface area contributed by atoms with Gasteiger partial charge in [-0.05, 0) is 35.1 Å². The summed E-state index contributed by atoms with van der Waals surface area (Å²) < 4.78 is 16.9. The Morgan fingerprint density at radius 1 is 1.00 bits per heavy atom. The molecule has 0 saturated carbocycles. The quantitative estimate of drug-likeness (QED) is 0.382. The van der Waals surface area contributed by atoms with E-state index < -0.39 is 17.8 Å². The minimum Gasteiger partial charge on any atom is -0.465 e. The van der Waals surface area contributed by atoms with Gasteiger partial charge in [0.15, 0.2) is 17.3 Å². The number of esters is 1. The standard InChI is InChI=1S/C32H28ClNO5/c1-19-29(32(36)37-13-12-20-8-4-2-5-9-20)30(23-16-27-28(17-24(23)33)39-18-38-27)31-25(34-19)14-22(15-26(31)35)21-10-6-3-7-11-21/h2-11,16-17,22,29-30,34H,1,12-15,18H2. The second kappa shape index (κ2) is 10.6. The summed E-state index contributed by atoms with van der Waals surface area (Å²) in [5.74, 6) is -0.884. The van der Waals surface area contributed by atoms with Gasteiger partial charge in [0.1, 0.15) is 5.92 Å². The van der Waals surface area contributed by atoms with Crippen LogP contribution in [0.5, 0.6) is 11.5 Å². The lowest BCUT2D eigenvalue weighted by Crippen LogP contribution is -2.42. The highest BCUT2D eigenvalue weighted by molar-refractivity contribution is 6.31. The molecule has 7 heteroatoms. The molecule has 1 aliphatic carbocycles. The SMILES string of the molecule is C=C1NC2=C(C(=O)CC(c3ccccc3)C2)C(c2cc3c(cc2Cl)OCO3)C1C(=O)OCCc1ccccc1. The van der Waals surface area contributed by atoms with Crippen molar-refractivity contribution in [1.82, 2.24) is 5.32 Å². The van der Waals surface area contributed by atoms with E-state index in [0.717, 1.165) is 16.8 Å². The number of ketones is 1. The highest BCUT2D eigenvalue weighted by atomic mass is 35.5. The van der Waals surface area contributed by atoms with Gasteiger partial charge in [-0.2, -0.15) is 0 Å². The van der Waals surface area contributed by atoms with E-state index in [1.807, 2.05) is 60.7 Å². The number of carbonyl (C=O) groups is 2. The zero-order valence-corrected chi connectivity index (χ0v) is 22.1. The number of nitrogens with one attached hydrogen (secondary N) is 1. The summed E-state index contributed by atoms with van der Waals surface area (Å²) in [5, 5.41) is 3.72. The van der Waals surface area contributed by atoms with E-state index in [1.165, 1.54) is 0 Å². The molecule has 39 heavy (non-hydrogen) atoms. The summed E-state index contributed by atoms with van der Waals surface area (Å²) in [6.45, 7) is 4.52. The van der Waals surface area contributed by atoms with Gasteiger partial charge in [-0.1, -0.05) is 78.8 Å². The van der Waals surface area contributed by atoms with Gasteiger partial charge in [-0.25, -0.2) is 0 Å². The van der Waals surface area contributed by atoms with E-state index in [1.54, 1.807) is 12.1 Å². The molecule has 198 valence electrons. The van der Waals surface area contributed by atoms with Gasteiger partial charge in [0.05, 0.1) is 6.61 Å². The fraction of sp³-hybridized carbons (Fsp3) is 0.250. The lowest BCUT2D eigenvalue weighted by molar-refractivity contribution is -0.147. The van der Waals surface area contributed by atoms with E-state index >= 15 is 0 Å². The largest absolute Gasteiger partial charge is 0.465 e. The first-order valence-corrected chi connectivity index (χ1v) is 13.4. The zero-order valence-electron chi connectivity index (χ0n) is 21.3. The van der Waals surface area contributed by atoms with Crippen LogP contribution in [0, 0.1) is 5.92 Å². The van der Waals surface area contributed by atoms with Crippen LogP contribution in [0.3, 0.4) is 0 Å². The molecule has 6 nitrogen and oxygen atoms in total. The van der Waals surface area contributed by atoms with Gasteiger partial charge >= 0.3 is 5.97 Å². The first-order valence-electron chi connectivity index (χ1n) is 13.1. The fourth-order valence-electron chi connectivity index (χ4n) is 5.80. The molecule has 3 aromatic rings. The Morgan fingerprint density at radius 2 is 1.69 bits per heavy atom. The summed E-state index contributed by atoms with van der Waals surface area (Å²) in [5.41, 5.74) is 4.61. The Bertz CT molecular complexity index is 1470. The van der Waals surface area contributed by atoms with Crippen LogP contribution in [0.1, 0.15) is 41.4 Å². The minimum absolute atomic E-state index is 0.0223. The summed E-state index contributed by atoms with van der Waals surface area (Å²) in [6, 6.07) is 23.3. The van der Waals surface area contributed by atoms with Crippen molar-refractivity contribution in [3.63, 3.8) is 0 Å². The average Bonchev–Trinajstić information content (AvgIpc) is 3.40. The molecule has 0 bridgehead atoms. The lowest BCUT2D eigenvalue weighted by atomic mass is 9.69. The molecule has 3 aromatic carbocycles. The first-order chi connectivity index (χ1) is 19.0. The van der Waals surface area contributed by atoms with E-state index in [4.69, 9.17) is 25.8 Å². The van der Waals surface area contributed by atoms with Crippen molar-refractivity contribution in [2.24, 2.45) is 5.92 Å². The Morgan fingerprint density at radius 3 is 2.44 bits per heavy atom. The van der Waals surface area contributed by atoms with Gasteiger partial charge in [0.2, 0.25) is 6.79 Å². The highest BCUT2D eigenvalue weighted by Crippen LogP contribution is 2.50. The number of hydrogen-bond donors (Lipinski definition) is 1. The Balaban J connectivity index is 1.36. The Hall–Kier alpha value is -4.03. The molecular weight excluding hydrogens is 514 g/mol. The maximum Gasteiger partial charge on any atom is 0.315 e. The van der Waals surface area contributed by atoms with Gasteiger partial charge in [0, 0.05) is 46.8 Å². The third kappa shape index (κ3) is 4.92. The van der Waals surface area contributed by atoms with Crippen LogP contribution in [0.2, 0.25) is 5.02 Å². The molecule has 0 saturated heterocycles. The molecule has 0 amide bonds.